The number of carbonyl (C=O) groups excluding carboxylic acids is 1. The number of rotatable bonds is 3. The summed E-state index contributed by atoms with van der Waals surface area (Å²) < 4.78 is 42.2. The van der Waals surface area contributed by atoms with Gasteiger partial charge in [-0.1, -0.05) is 18.2 Å². The van der Waals surface area contributed by atoms with E-state index in [1.54, 1.807) is 0 Å². The summed E-state index contributed by atoms with van der Waals surface area (Å²) >= 11 is 0. The predicted molar refractivity (Wildman–Crippen MR) is 55.1 cm³/mol. The lowest BCUT2D eigenvalue weighted by atomic mass is 10.0. The predicted octanol–water partition coefficient (Wildman–Crippen LogP) is 1.75. The highest BCUT2D eigenvalue weighted by molar-refractivity contribution is 5.75. The molecule has 0 radical (unpaired) electrons. The number of nitrogens with two attached hydrogens (primary N) is 1. The molecule has 0 amide bonds. The van der Waals surface area contributed by atoms with Crippen LogP contribution in [0.1, 0.15) is 11.1 Å². The smallest absolute Gasteiger partial charge is 0.416 e. The Bertz CT molecular complexity index is 404. The molecule has 1 aromatic carbocycles. The fourth-order valence-electron chi connectivity index (χ4n) is 1.45. The number of carbonyl (C=O) groups is 1. The van der Waals surface area contributed by atoms with Crippen molar-refractivity contribution in [3.63, 3.8) is 0 Å². The van der Waals surface area contributed by atoms with Gasteiger partial charge in [-0.2, -0.15) is 13.2 Å². The van der Waals surface area contributed by atoms with E-state index in [1.807, 2.05) is 0 Å². The van der Waals surface area contributed by atoms with Gasteiger partial charge in [0.2, 0.25) is 0 Å². The first-order chi connectivity index (χ1) is 7.86. The van der Waals surface area contributed by atoms with Gasteiger partial charge in [0, 0.05) is 0 Å². The lowest BCUT2D eigenvalue weighted by molar-refractivity contribution is -0.143. The average Bonchev–Trinajstić information content (AvgIpc) is 2.27. The van der Waals surface area contributed by atoms with Crippen molar-refractivity contribution in [2.75, 3.05) is 7.11 Å². The van der Waals surface area contributed by atoms with Gasteiger partial charge in [-0.3, -0.25) is 4.79 Å². The zero-order valence-corrected chi connectivity index (χ0v) is 9.12. The van der Waals surface area contributed by atoms with E-state index >= 15 is 0 Å². The molecular weight excluding hydrogens is 235 g/mol. The molecule has 0 saturated heterocycles. The summed E-state index contributed by atoms with van der Waals surface area (Å²) in [6.07, 6.45) is -4.66. The second-order valence-corrected chi connectivity index (χ2v) is 3.49. The maximum atomic E-state index is 12.6. The van der Waals surface area contributed by atoms with E-state index in [4.69, 9.17) is 5.73 Å². The van der Waals surface area contributed by atoms with Gasteiger partial charge in [0.05, 0.1) is 12.7 Å². The fourth-order valence-corrected chi connectivity index (χ4v) is 1.45. The molecule has 94 valence electrons. The summed E-state index contributed by atoms with van der Waals surface area (Å²) in [4.78, 5) is 11.0. The molecule has 1 atom stereocenters. The van der Waals surface area contributed by atoms with E-state index in [0.717, 1.165) is 13.2 Å². The first-order valence-electron chi connectivity index (χ1n) is 4.84. The summed E-state index contributed by atoms with van der Waals surface area (Å²) in [5, 5.41) is 0. The van der Waals surface area contributed by atoms with Crippen LogP contribution in [0.3, 0.4) is 0 Å². The number of alkyl halides is 3. The zero-order valence-electron chi connectivity index (χ0n) is 9.12. The van der Waals surface area contributed by atoms with Crippen LogP contribution in [0.15, 0.2) is 24.3 Å². The molecule has 0 saturated carbocycles. The minimum absolute atomic E-state index is 0.0158. The summed E-state index contributed by atoms with van der Waals surface area (Å²) in [5.41, 5.74) is 4.64. The van der Waals surface area contributed by atoms with Gasteiger partial charge in [-0.15, -0.1) is 0 Å². The standard InChI is InChI=1S/C11H12F3NO2/c1-17-10(16)9(15)6-7-4-2-3-5-8(7)11(12,13)14/h2-5,9H,6,15H2,1H3/t9-/m0/s1. The maximum absolute atomic E-state index is 12.6. The number of halogens is 3. The van der Waals surface area contributed by atoms with Crippen molar-refractivity contribution >= 4 is 5.97 Å². The molecule has 17 heavy (non-hydrogen) atoms. The van der Waals surface area contributed by atoms with Gasteiger partial charge >= 0.3 is 12.1 Å². The number of hydrogen-bond acceptors (Lipinski definition) is 3. The van der Waals surface area contributed by atoms with E-state index in [1.165, 1.54) is 18.2 Å². The first-order valence-corrected chi connectivity index (χ1v) is 4.84. The molecule has 0 fully saturated rings. The van der Waals surface area contributed by atoms with E-state index in [9.17, 15) is 18.0 Å². The molecule has 0 aliphatic rings. The number of ether oxygens (including phenoxy) is 1. The molecule has 1 aromatic rings. The fraction of sp³-hybridized carbons (Fsp3) is 0.364. The van der Waals surface area contributed by atoms with Crippen molar-refractivity contribution < 1.29 is 22.7 Å². The Morgan fingerprint density at radius 1 is 1.41 bits per heavy atom. The van der Waals surface area contributed by atoms with Crippen LogP contribution in [-0.4, -0.2) is 19.1 Å². The van der Waals surface area contributed by atoms with Gasteiger partial charge in [-0.05, 0) is 18.1 Å². The molecule has 0 heterocycles. The Morgan fingerprint density at radius 2 is 2.00 bits per heavy atom. The van der Waals surface area contributed by atoms with Crippen molar-refractivity contribution in [1.82, 2.24) is 0 Å². The topological polar surface area (TPSA) is 52.3 Å². The molecule has 0 unspecified atom stereocenters. The lowest BCUT2D eigenvalue weighted by Gasteiger charge is -2.15. The number of methoxy groups -OCH3 is 1. The SMILES string of the molecule is COC(=O)[C@@H](N)Cc1ccccc1C(F)(F)F. The minimum Gasteiger partial charge on any atom is -0.468 e. The normalized spacial score (nSPS) is 13.2. The molecule has 0 aromatic heterocycles. The van der Waals surface area contributed by atoms with Crippen molar-refractivity contribution in [3.8, 4) is 0 Å². The van der Waals surface area contributed by atoms with E-state index in [0.29, 0.717) is 0 Å². The van der Waals surface area contributed by atoms with Crippen LogP contribution in [0.25, 0.3) is 0 Å². The van der Waals surface area contributed by atoms with Crippen LogP contribution >= 0.6 is 0 Å². The van der Waals surface area contributed by atoms with Crippen molar-refractivity contribution in [3.05, 3.63) is 35.4 Å². The van der Waals surface area contributed by atoms with Crippen molar-refractivity contribution in [2.45, 2.75) is 18.6 Å². The Labute approximate surface area is 96.4 Å². The molecular formula is C11H12F3NO2. The lowest BCUT2D eigenvalue weighted by Crippen LogP contribution is -2.34. The maximum Gasteiger partial charge on any atom is 0.416 e. The van der Waals surface area contributed by atoms with E-state index < -0.39 is 23.8 Å². The molecule has 0 spiro atoms. The molecule has 0 aliphatic carbocycles. The summed E-state index contributed by atoms with van der Waals surface area (Å²) in [6, 6.07) is 3.92. The van der Waals surface area contributed by atoms with Crippen LogP contribution in [0.4, 0.5) is 13.2 Å². The highest BCUT2D eigenvalue weighted by atomic mass is 19.4. The average molecular weight is 247 g/mol. The van der Waals surface area contributed by atoms with Crippen LogP contribution in [0, 0.1) is 0 Å². The van der Waals surface area contributed by atoms with Crippen LogP contribution in [-0.2, 0) is 22.1 Å². The quantitative estimate of drug-likeness (QED) is 0.828. The first kappa shape index (κ1) is 13.5. The second kappa shape index (κ2) is 5.18. The van der Waals surface area contributed by atoms with Gasteiger partial charge in [0.1, 0.15) is 6.04 Å². The van der Waals surface area contributed by atoms with E-state index in [2.05, 4.69) is 4.74 Å². The number of hydrogen-bond donors (Lipinski definition) is 1. The molecule has 0 bridgehead atoms. The third-order valence-corrected chi connectivity index (χ3v) is 2.27. The summed E-state index contributed by atoms with van der Waals surface area (Å²) in [7, 11) is 1.14. The zero-order chi connectivity index (χ0) is 13.1. The Kier molecular flexibility index (Phi) is 4.11. The summed E-state index contributed by atoms with van der Waals surface area (Å²) in [5.74, 6) is -0.734. The third-order valence-electron chi connectivity index (χ3n) is 2.27. The van der Waals surface area contributed by atoms with Crippen LogP contribution < -0.4 is 5.73 Å². The van der Waals surface area contributed by atoms with Crippen LogP contribution in [0.2, 0.25) is 0 Å². The molecule has 2 N–H and O–H groups in total. The van der Waals surface area contributed by atoms with Crippen molar-refractivity contribution in [2.24, 2.45) is 5.73 Å². The number of benzene rings is 1. The monoisotopic (exact) mass is 247 g/mol. The largest absolute Gasteiger partial charge is 0.468 e. The Hall–Kier alpha value is -1.56. The van der Waals surface area contributed by atoms with Gasteiger partial charge in [-0.25, -0.2) is 0 Å². The minimum atomic E-state index is -4.45. The molecule has 1 rings (SSSR count). The van der Waals surface area contributed by atoms with Gasteiger partial charge < -0.3 is 10.5 Å². The number of esters is 1. The molecule has 0 aliphatic heterocycles. The van der Waals surface area contributed by atoms with Gasteiger partial charge in [0.25, 0.3) is 0 Å². The van der Waals surface area contributed by atoms with Crippen molar-refractivity contribution in [1.29, 1.82) is 0 Å². The summed E-state index contributed by atoms with van der Waals surface area (Å²) in [6.45, 7) is 0. The second-order valence-electron chi connectivity index (χ2n) is 3.49. The van der Waals surface area contributed by atoms with Gasteiger partial charge in [0.15, 0.2) is 0 Å². The Balaban J connectivity index is 2.95. The molecule has 3 nitrogen and oxygen atoms in total. The third kappa shape index (κ3) is 3.45. The highest BCUT2D eigenvalue weighted by Gasteiger charge is 2.33. The highest BCUT2D eigenvalue weighted by Crippen LogP contribution is 2.32. The van der Waals surface area contributed by atoms with Crippen LogP contribution in [0.5, 0.6) is 0 Å². The van der Waals surface area contributed by atoms with E-state index in [-0.39, 0.29) is 12.0 Å². The molecule has 6 heteroatoms. The Morgan fingerprint density at radius 3 is 2.53 bits per heavy atom.